The lowest BCUT2D eigenvalue weighted by atomic mass is 9.55. The molecule has 3 aliphatic rings. The van der Waals surface area contributed by atoms with Crippen LogP contribution in [-0.4, -0.2) is 23.0 Å². The minimum absolute atomic E-state index is 0.0515. The van der Waals surface area contributed by atoms with Crippen LogP contribution in [0.25, 0.3) is 0 Å². The van der Waals surface area contributed by atoms with Crippen LogP contribution in [0.1, 0.15) is 71.2 Å². The highest BCUT2D eigenvalue weighted by Crippen LogP contribution is 2.60. The van der Waals surface area contributed by atoms with Crippen molar-refractivity contribution in [2.24, 2.45) is 17.3 Å². The molecule has 0 unspecified atom stereocenters. The van der Waals surface area contributed by atoms with Gasteiger partial charge in [0.15, 0.2) is 5.78 Å². The Morgan fingerprint density at radius 2 is 1.90 bits per heavy atom. The van der Waals surface area contributed by atoms with Gasteiger partial charge in [-0.25, -0.2) is 4.79 Å². The number of rotatable bonds is 2. The molecule has 5 atom stereocenters. The van der Waals surface area contributed by atoms with Gasteiger partial charge < -0.3 is 9.84 Å². The van der Waals surface area contributed by atoms with Gasteiger partial charge in [-0.3, -0.25) is 4.79 Å². The molecule has 0 bridgehead atoms. The van der Waals surface area contributed by atoms with E-state index in [1.807, 2.05) is 18.2 Å². The van der Waals surface area contributed by atoms with Crippen LogP contribution in [0, 0.1) is 17.3 Å². The number of Topliss-reactive ketones (excluding diaryl/α,β-unsaturated/α-hetero) is 1. The van der Waals surface area contributed by atoms with E-state index in [1.54, 1.807) is 30.3 Å². The van der Waals surface area contributed by atoms with Crippen molar-refractivity contribution in [1.82, 2.24) is 0 Å². The number of benzene rings is 2. The molecule has 1 N–H and O–H groups in total. The van der Waals surface area contributed by atoms with Gasteiger partial charge in [-0.1, -0.05) is 31.2 Å². The fourth-order valence-corrected chi connectivity index (χ4v) is 6.16. The molecule has 0 radical (unpaired) electrons. The Labute approximate surface area is 170 Å². The zero-order valence-electron chi connectivity index (χ0n) is 16.6. The number of ether oxygens (including phenoxy) is 1. The summed E-state index contributed by atoms with van der Waals surface area (Å²) in [4.78, 5) is 25.4. The Hall–Kier alpha value is -2.46. The maximum atomic E-state index is 13.0. The third kappa shape index (κ3) is 2.93. The lowest BCUT2D eigenvalue weighted by Gasteiger charge is -2.49. The van der Waals surface area contributed by atoms with Crippen molar-refractivity contribution in [1.29, 1.82) is 0 Å². The quantitative estimate of drug-likeness (QED) is 0.593. The molecule has 0 spiro atoms. The van der Waals surface area contributed by atoms with Gasteiger partial charge >= 0.3 is 5.97 Å². The summed E-state index contributed by atoms with van der Waals surface area (Å²) in [5.41, 5.74) is 2.23. The van der Waals surface area contributed by atoms with E-state index >= 15 is 0 Å². The summed E-state index contributed by atoms with van der Waals surface area (Å²) < 4.78 is 5.53. The van der Waals surface area contributed by atoms with Gasteiger partial charge in [-0.15, -0.1) is 0 Å². The monoisotopic (exact) mass is 390 g/mol. The van der Waals surface area contributed by atoms with Crippen LogP contribution >= 0.6 is 0 Å². The molecule has 0 aliphatic heterocycles. The molecule has 29 heavy (non-hydrogen) atoms. The highest BCUT2D eigenvalue weighted by molar-refractivity contribution is 6.00. The summed E-state index contributed by atoms with van der Waals surface area (Å²) in [5.74, 6) is 1.20. The molecule has 2 fully saturated rings. The lowest BCUT2D eigenvalue weighted by Crippen LogP contribution is -2.44. The van der Waals surface area contributed by atoms with E-state index in [4.69, 9.17) is 4.74 Å². The van der Waals surface area contributed by atoms with E-state index in [0.29, 0.717) is 41.1 Å². The predicted octanol–water partition coefficient (Wildman–Crippen LogP) is 4.76. The number of aliphatic hydroxyl groups is 1. The van der Waals surface area contributed by atoms with Crippen LogP contribution in [0.2, 0.25) is 0 Å². The van der Waals surface area contributed by atoms with Gasteiger partial charge in [0.05, 0.1) is 11.7 Å². The first-order valence-electron chi connectivity index (χ1n) is 10.6. The zero-order valence-corrected chi connectivity index (χ0v) is 16.6. The average Bonchev–Trinajstić information content (AvgIpc) is 3.04. The average molecular weight is 390 g/mol. The normalized spacial score (nSPS) is 32.8. The van der Waals surface area contributed by atoms with E-state index in [2.05, 4.69) is 6.92 Å². The zero-order chi connectivity index (χ0) is 20.2. The summed E-state index contributed by atoms with van der Waals surface area (Å²) in [7, 11) is 0. The van der Waals surface area contributed by atoms with Crippen molar-refractivity contribution in [3.63, 3.8) is 0 Å². The first-order chi connectivity index (χ1) is 14.0. The summed E-state index contributed by atoms with van der Waals surface area (Å²) in [6.45, 7) is 2.21. The van der Waals surface area contributed by atoms with Crippen molar-refractivity contribution in [2.75, 3.05) is 0 Å². The number of hydrogen-bond donors (Lipinski definition) is 1. The van der Waals surface area contributed by atoms with Gasteiger partial charge in [0, 0.05) is 12.0 Å². The molecule has 150 valence electrons. The van der Waals surface area contributed by atoms with Gasteiger partial charge in [0.1, 0.15) is 5.75 Å². The molecule has 5 rings (SSSR count). The number of fused-ring (bicyclic) bond motifs is 5. The Kier molecular flexibility index (Phi) is 4.36. The summed E-state index contributed by atoms with van der Waals surface area (Å²) in [6, 6.07) is 14.4. The fourth-order valence-electron chi connectivity index (χ4n) is 6.16. The number of carbonyl (C=O) groups excluding carboxylic acids is 2. The van der Waals surface area contributed by atoms with E-state index in [1.165, 1.54) is 0 Å². The van der Waals surface area contributed by atoms with Crippen LogP contribution in [0.5, 0.6) is 5.75 Å². The Morgan fingerprint density at radius 3 is 2.69 bits per heavy atom. The van der Waals surface area contributed by atoms with Crippen molar-refractivity contribution in [3.8, 4) is 5.75 Å². The summed E-state index contributed by atoms with van der Waals surface area (Å²) in [5, 5.41) is 10.5. The molecule has 0 amide bonds. The van der Waals surface area contributed by atoms with Crippen molar-refractivity contribution >= 4 is 11.8 Å². The number of ketones is 1. The molecular weight excluding hydrogens is 364 g/mol. The molecule has 0 saturated heterocycles. The smallest absolute Gasteiger partial charge is 0.343 e. The second-order valence-corrected chi connectivity index (χ2v) is 9.15. The molecule has 0 aromatic heterocycles. The molecule has 4 nitrogen and oxygen atoms in total. The summed E-state index contributed by atoms with van der Waals surface area (Å²) >= 11 is 0. The van der Waals surface area contributed by atoms with Crippen LogP contribution in [0.15, 0.2) is 48.5 Å². The highest BCUT2D eigenvalue weighted by Gasteiger charge is 2.55. The third-order valence-electron chi connectivity index (χ3n) is 7.75. The Bertz CT molecular complexity index is 966. The Balaban J connectivity index is 1.42. The first-order valence-corrected chi connectivity index (χ1v) is 10.6. The minimum Gasteiger partial charge on any atom is -0.423 e. The van der Waals surface area contributed by atoms with Crippen LogP contribution in [0.4, 0.5) is 0 Å². The van der Waals surface area contributed by atoms with Gasteiger partial charge in [0.25, 0.3) is 0 Å². The Morgan fingerprint density at radius 1 is 1.10 bits per heavy atom. The van der Waals surface area contributed by atoms with Crippen molar-refractivity contribution < 1.29 is 19.4 Å². The maximum absolute atomic E-state index is 13.0. The van der Waals surface area contributed by atoms with Gasteiger partial charge in [-0.05, 0) is 78.7 Å². The number of carbonyl (C=O) groups is 2. The molecular formula is C25H26O4. The number of hydrogen-bond acceptors (Lipinski definition) is 4. The number of esters is 1. The van der Waals surface area contributed by atoms with Crippen LogP contribution in [0.3, 0.4) is 0 Å². The van der Waals surface area contributed by atoms with Gasteiger partial charge in [-0.2, -0.15) is 0 Å². The predicted molar refractivity (Wildman–Crippen MR) is 109 cm³/mol. The standard InChI is InChI=1S/C25H26O4/c1-25-12-11-18-17-8-7-16(29-24(28)15-5-3-2-4-6-15)13-20(17)22(26)14-19(18)21(25)9-10-23(25)27/h2-8,13,18-19,21,23,27H,9-12,14H2,1H3/t18-,19-,21+,23+,25+/m1/s1. The lowest BCUT2D eigenvalue weighted by molar-refractivity contribution is -0.0208. The van der Waals surface area contributed by atoms with Crippen LogP contribution < -0.4 is 4.74 Å². The minimum atomic E-state index is -0.417. The van der Waals surface area contributed by atoms with E-state index in [0.717, 1.165) is 31.2 Å². The highest BCUT2D eigenvalue weighted by atomic mass is 16.5. The molecule has 2 aromatic rings. The molecule has 2 aromatic carbocycles. The summed E-state index contributed by atoms with van der Waals surface area (Å²) in [6.07, 6.45) is 4.13. The van der Waals surface area contributed by atoms with Crippen molar-refractivity contribution in [2.45, 2.75) is 51.0 Å². The third-order valence-corrected chi connectivity index (χ3v) is 7.75. The van der Waals surface area contributed by atoms with E-state index in [-0.39, 0.29) is 17.3 Å². The number of aliphatic hydroxyl groups excluding tert-OH is 1. The molecule has 4 heteroatoms. The maximum Gasteiger partial charge on any atom is 0.343 e. The fraction of sp³-hybridized carbons (Fsp3) is 0.440. The van der Waals surface area contributed by atoms with E-state index < -0.39 is 5.97 Å². The molecule has 0 heterocycles. The largest absolute Gasteiger partial charge is 0.423 e. The SMILES string of the molecule is C[C@]12CC[C@@H]3c4ccc(OC(=O)c5ccccc5)cc4C(=O)C[C@H]3[C@@H]1CC[C@@H]2O. The first kappa shape index (κ1) is 18.6. The topological polar surface area (TPSA) is 63.6 Å². The van der Waals surface area contributed by atoms with Gasteiger partial charge in [0.2, 0.25) is 0 Å². The second kappa shape index (κ2) is 6.81. The van der Waals surface area contributed by atoms with Crippen molar-refractivity contribution in [3.05, 3.63) is 65.2 Å². The molecule has 2 saturated carbocycles. The molecule has 3 aliphatic carbocycles. The van der Waals surface area contributed by atoms with E-state index in [9.17, 15) is 14.7 Å². The van der Waals surface area contributed by atoms with Crippen LogP contribution in [-0.2, 0) is 0 Å². The second-order valence-electron chi connectivity index (χ2n) is 9.15.